The summed E-state index contributed by atoms with van der Waals surface area (Å²) in [6.07, 6.45) is 7.97. The van der Waals surface area contributed by atoms with E-state index in [1.165, 1.54) is 44.1 Å². The minimum absolute atomic E-state index is 0. The smallest absolute Gasteiger partial charge is 0.144 e. The molecule has 9 aromatic rings. The van der Waals surface area contributed by atoms with Crippen LogP contribution < -0.4 is 5.19 Å². The third-order valence-electron chi connectivity index (χ3n) is 11.2. The molecule has 0 spiro atoms. The number of benzene rings is 5. The van der Waals surface area contributed by atoms with Gasteiger partial charge in [-0.15, -0.1) is 0 Å². The second kappa shape index (κ2) is 21.3. The fourth-order valence-electron chi connectivity index (χ4n) is 8.05. The maximum absolute atomic E-state index is 6.40. The number of rotatable bonds is 8. The molecule has 0 aliphatic rings. The molecular weight excluding hydrogens is 975 g/mol. The average molecular weight is 1040 g/mol. The van der Waals surface area contributed by atoms with Crippen molar-refractivity contribution in [3.05, 3.63) is 193 Å². The van der Waals surface area contributed by atoms with Crippen LogP contribution in [0.1, 0.15) is 64.2 Å². The van der Waals surface area contributed by atoms with Gasteiger partial charge in [-0.05, 0) is 99.6 Å². The number of furan rings is 1. The average Bonchev–Trinajstić information content (AvgIpc) is 3.69. The topological polar surface area (TPSA) is 51.8 Å². The Bertz CT molecular complexity index is 2900. The van der Waals surface area contributed by atoms with E-state index in [1.807, 2.05) is 42.7 Å². The van der Waals surface area contributed by atoms with Crippen LogP contribution in [0.15, 0.2) is 181 Å². The molecule has 9 rings (SSSR count). The molecule has 327 valence electrons. The molecule has 5 aromatic carbocycles. The molecule has 4 aromatic heterocycles. The van der Waals surface area contributed by atoms with Gasteiger partial charge in [-0.2, -0.15) is 0 Å². The molecule has 0 unspecified atom stereocenters. The van der Waals surface area contributed by atoms with Crippen LogP contribution in [0.4, 0.5) is 0 Å². The molecule has 0 N–H and O–H groups in total. The van der Waals surface area contributed by atoms with Crippen molar-refractivity contribution in [2.45, 2.75) is 79.9 Å². The zero-order valence-electron chi connectivity index (χ0n) is 38.8. The normalized spacial score (nSPS) is 11.3. The molecule has 6 heteroatoms. The first-order valence-corrected chi connectivity index (χ1v) is 25.8. The van der Waals surface area contributed by atoms with Crippen molar-refractivity contribution >= 4 is 35.2 Å². The number of aryl methyl sites for hydroxylation is 1. The maximum Gasteiger partial charge on any atom is 0.144 e. The van der Waals surface area contributed by atoms with Crippen LogP contribution in [-0.2, 0) is 32.9 Å². The van der Waals surface area contributed by atoms with E-state index in [0.717, 1.165) is 57.4 Å². The van der Waals surface area contributed by atoms with E-state index in [0.29, 0.717) is 5.92 Å². The van der Waals surface area contributed by atoms with Gasteiger partial charge in [0.15, 0.2) is 0 Å². The second-order valence-corrected chi connectivity index (χ2v) is 23.9. The molecule has 0 saturated carbocycles. The Morgan fingerprint density at radius 3 is 1.67 bits per heavy atom. The predicted molar refractivity (Wildman–Crippen MR) is 271 cm³/mol. The zero-order chi connectivity index (χ0) is 44.6. The van der Waals surface area contributed by atoms with Gasteiger partial charge in [-0.1, -0.05) is 176 Å². The fraction of sp³-hybridized carbons (Fsp3) is 0.224. The Morgan fingerprint density at radius 2 is 1.09 bits per heavy atom. The molecule has 0 aliphatic heterocycles. The number of fused-ring (bicyclic) bond motifs is 3. The molecule has 0 bridgehead atoms. The van der Waals surface area contributed by atoms with Crippen LogP contribution in [0.2, 0.25) is 19.6 Å². The Hall–Kier alpha value is -5.78. The summed E-state index contributed by atoms with van der Waals surface area (Å²) in [6.45, 7) is 20.6. The molecule has 64 heavy (non-hydrogen) atoms. The number of pyridine rings is 3. The molecule has 0 atom stereocenters. The quantitative estimate of drug-likeness (QED) is 0.142. The standard InChI is InChI=1S/C28H25NO.C17H23NSi.C13H13N.Ir/c1-28(2,3)18-19-15-16-29-24(17-19)22-12-7-13-23-26-21(20-9-5-4-6-10-20)11-8-14-25(26)30-27(22)23;1-13(2)15-11-16(14-9-7-6-8-10-14)18-12-17(15)19(3,4)5;1-2-11-8-9-14-13(10-11)12-6-4-3-5-7-12;/h4-17H,18H2,1-3H3;6-13H,1-5H3;3-10H,2H2,1H3;. The van der Waals surface area contributed by atoms with E-state index < -0.39 is 8.07 Å². The Morgan fingerprint density at radius 1 is 0.562 bits per heavy atom. The first-order chi connectivity index (χ1) is 30.3. The van der Waals surface area contributed by atoms with Gasteiger partial charge in [-0.25, -0.2) is 0 Å². The van der Waals surface area contributed by atoms with Crippen LogP contribution in [0.5, 0.6) is 0 Å². The van der Waals surface area contributed by atoms with E-state index in [9.17, 15) is 0 Å². The summed E-state index contributed by atoms with van der Waals surface area (Å²) >= 11 is 0. The van der Waals surface area contributed by atoms with Crippen molar-refractivity contribution in [1.29, 1.82) is 0 Å². The number of hydrogen-bond donors (Lipinski definition) is 0. The summed E-state index contributed by atoms with van der Waals surface area (Å²) in [5.41, 5.74) is 15.1. The van der Waals surface area contributed by atoms with Crippen molar-refractivity contribution in [1.82, 2.24) is 15.0 Å². The third kappa shape index (κ3) is 11.9. The molecule has 0 aliphatic carbocycles. The summed E-state index contributed by atoms with van der Waals surface area (Å²) in [5.74, 6) is 0.548. The van der Waals surface area contributed by atoms with Crippen LogP contribution in [0.25, 0.3) is 66.8 Å². The van der Waals surface area contributed by atoms with Crippen molar-refractivity contribution < 1.29 is 24.5 Å². The van der Waals surface area contributed by atoms with Gasteiger partial charge >= 0.3 is 0 Å². The van der Waals surface area contributed by atoms with Gasteiger partial charge in [0.25, 0.3) is 0 Å². The van der Waals surface area contributed by atoms with Crippen LogP contribution in [-0.4, -0.2) is 23.0 Å². The monoisotopic (exact) mass is 1040 g/mol. The van der Waals surface area contributed by atoms with E-state index >= 15 is 0 Å². The summed E-state index contributed by atoms with van der Waals surface area (Å²) in [7, 11) is -1.33. The van der Waals surface area contributed by atoms with Gasteiger partial charge in [0.1, 0.15) is 11.2 Å². The molecule has 0 fully saturated rings. The van der Waals surface area contributed by atoms with Crippen molar-refractivity contribution in [2.75, 3.05) is 0 Å². The summed E-state index contributed by atoms with van der Waals surface area (Å²) < 4.78 is 6.40. The largest absolute Gasteiger partial charge is 0.455 e. The molecule has 4 heterocycles. The van der Waals surface area contributed by atoms with E-state index in [1.54, 1.807) is 0 Å². The third-order valence-corrected chi connectivity index (χ3v) is 13.2. The zero-order valence-corrected chi connectivity index (χ0v) is 42.2. The Labute approximate surface area is 395 Å². The van der Waals surface area contributed by atoms with Crippen molar-refractivity contribution in [3.8, 4) is 44.9 Å². The number of nitrogens with zero attached hydrogens (tertiary/aromatic N) is 3. The van der Waals surface area contributed by atoms with E-state index in [2.05, 4.69) is 205 Å². The maximum atomic E-state index is 6.40. The molecule has 1 radical (unpaired) electrons. The predicted octanol–water partition coefficient (Wildman–Crippen LogP) is 15.6. The first kappa shape index (κ1) is 47.7. The van der Waals surface area contributed by atoms with E-state index in [4.69, 9.17) is 9.40 Å². The fourth-order valence-corrected chi connectivity index (χ4v) is 9.73. The Balaban J connectivity index is 0.000000172. The second-order valence-electron chi connectivity index (χ2n) is 18.8. The van der Waals surface area contributed by atoms with Crippen molar-refractivity contribution in [3.63, 3.8) is 0 Å². The molecule has 0 saturated heterocycles. The van der Waals surface area contributed by atoms with Crippen LogP contribution in [0.3, 0.4) is 0 Å². The van der Waals surface area contributed by atoms with E-state index in [-0.39, 0.29) is 25.5 Å². The van der Waals surface area contributed by atoms with Gasteiger partial charge in [-0.3, -0.25) is 15.0 Å². The van der Waals surface area contributed by atoms with Crippen LogP contribution >= 0.6 is 0 Å². The summed E-state index contributed by atoms with van der Waals surface area (Å²) in [4.78, 5) is 13.7. The SMILES string of the molecule is CC(C)(C)Cc1ccnc(-c2cccc3c2oc2cccc(-c4ccccc4)c23)c1.CC(C)c1cc(-c2ccccc2)ncc1[Si](C)(C)C.CCc1ccnc(-c2ccccc2)c1.[Ir]. The minimum atomic E-state index is -1.33. The number of para-hydroxylation sites is 1. The van der Waals surface area contributed by atoms with Crippen molar-refractivity contribution in [2.24, 2.45) is 5.41 Å². The van der Waals surface area contributed by atoms with Crippen LogP contribution in [0, 0.1) is 5.41 Å². The number of hydrogen-bond acceptors (Lipinski definition) is 4. The minimum Gasteiger partial charge on any atom is -0.455 e. The summed E-state index contributed by atoms with van der Waals surface area (Å²) in [6, 6.07) is 54.6. The Kier molecular flexibility index (Phi) is 15.8. The van der Waals surface area contributed by atoms with Gasteiger partial charge in [0, 0.05) is 66.2 Å². The van der Waals surface area contributed by atoms with Gasteiger partial charge in [0.05, 0.1) is 25.2 Å². The molecule has 0 amide bonds. The van der Waals surface area contributed by atoms with Gasteiger partial charge in [0.2, 0.25) is 0 Å². The van der Waals surface area contributed by atoms with Gasteiger partial charge < -0.3 is 4.42 Å². The summed E-state index contributed by atoms with van der Waals surface area (Å²) in [5, 5.41) is 3.78. The molecule has 4 nitrogen and oxygen atoms in total. The number of aromatic nitrogens is 3. The molecular formula is C58H61IrN3OSi. The first-order valence-electron chi connectivity index (χ1n) is 22.3.